The number of thiazole rings is 1. The SMILES string of the molecule is Cc1ccc(-c2csc(NC(=O)c3ccccc3NS(=O)(=O)c3ccccc3)n2)cc1. The second-order valence-corrected chi connectivity index (χ2v) is 9.36. The van der Waals surface area contributed by atoms with Crippen molar-refractivity contribution in [2.24, 2.45) is 0 Å². The summed E-state index contributed by atoms with van der Waals surface area (Å²) >= 11 is 1.31. The molecule has 2 N–H and O–H groups in total. The van der Waals surface area contributed by atoms with E-state index in [4.69, 9.17) is 0 Å². The van der Waals surface area contributed by atoms with E-state index in [1.807, 2.05) is 36.6 Å². The van der Waals surface area contributed by atoms with Gasteiger partial charge in [0.2, 0.25) is 0 Å². The van der Waals surface area contributed by atoms with Gasteiger partial charge in [-0.05, 0) is 31.2 Å². The lowest BCUT2D eigenvalue weighted by molar-refractivity contribution is 0.102. The predicted octanol–water partition coefficient (Wildman–Crippen LogP) is 5.17. The molecule has 8 heteroatoms. The lowest BCUT2D eigenvalue weighted by atomic mass is 10.1. The minimum absolute atomic E-state index is 0.118. The second-order valence-electron chi connectivity index (χ2n) is 6.82. The number of nitrogens with one attached hydrogen (secondary N) is 2. The maximum absolute atomic E-state index is 12.9. The number of hydrogen-bond acceptors (Lipinski definition) is 5. The number of anilines is 2. The molecule has 0 bridgehead atoms. The van der Waals surface area contributed by atoms with Crippen LogP contribution in [0.4, 0.5) is 10.8 Å². The molecule has 4 rings (SSSR count). The highest BCUT2D eigenvalue weighted by atomic mass is 32.2. The zero-order valence-electron chi connectivity index (χ0n) is 16.6. The maximum atomic E-state index is 12.9. The molecule has 1 amide bonds. The number of nitrogens with zero attached hydrogens (tertiary/aromatic N) is 1. The van der Waals surface area contributed by atoms with Crippen molar-refractivity contribution in [2.75, 3.05) is 10.0 Å². The quantitative estimate of drug-likeness (QED) is 0.425. The molecule has 0 fully saturated rings. The first kappa shape index (κ1) is 20.8. The van der Waals surface area contributed by atoms with Crippen LogP contribution in [0.2, 0.25) is 0 Å². The van der Waals surface area contributed by atoms with Gasteiger partial charge in [0.05, 0.1) is 21.8 Å². The topological polar surface area (TPSA) is 88.2 Å². The Morgan fingerprint density at radius 2 is 1.58 bits per heavy atom. The smallest absolute Gasteiger partial charge is 0.261 e. The predicted molar refractivity (Wildman–Crippen MR) is 124 cm³/mol. The summed E-state index contributed by atoms with van der Waals surface area (Å²) < 4.78 is 27.8. The molecule has 0 aliphatic carbocycles. The Morgan fingerprint density at radius 1 is 0.903 bits per heavy atom. The molecule has 0 saturated heterocycles. The number of sulfonamides is 1. The van der Waals surface area contributed by atoms with Crippen LogP contribution in [0.1, 0.15) is 15.9 Å². The number of carbonyl (C=O) groups is 1. The highest BCUT2D eigenvalue weighted by Gasteiger charge is 2.19. The Kier molecular flexibility index (Phi) is 5.83. The van der Waals surface area contributed by atoms with E-state index in [1.54, 1.807) is 42.5 Å². The molecule has 0 atom stereocenters. The minimum Gasteiger partial charge on any atom is -0.298 e. The van der Waals surface area contributed by atoms with Gasteiger partial charge in [-0.15, -0.1) is 11.3 Å². The van der Waals surface area contributed by atoms with Crippen LogP contribution in [0.25, 0.3) is 11.3 Å². The highest BCUT2D eigenvalue weighted by molar-refractivity contribution is 7.92. The third kappa shape index (κ3) is 4.82. The van der Waals surface area contributed by atoms with E-state index < -0.39 is 15.9 Å². The molecule has 1 heterocycles. The molecule has 0 radical (unpaired) electrons. The van der Waals surface area contributed by atoms with Crippen molar-refractivity contribution in [1.82, 2.24) is 4.98 Å². The van der Waals surface area contributed by atoms with E-state index in [2.05, 4.69) is 15.0 Å². The zero-order chi connectivity index (χ0) is 21.8. The molecule has 0 saturated carbocycles. The van der Waals surface area contributed by atoms with Crippen LogP contribution in [0.5, 0.6) is 0 Å². The standard InChI is InChI=1S/C23H19N3O3S2/c1-16-11-13-17(14-12-16)21-15-30-23(24-21)25-22(27)19-9-5-6-10-20(19)26-31(28,29)18-7-3-2-4-8-18/h2-15,26H,1H3,(H,24,25,27). The average molecular weight is 450 g/mol. The summed E-state index contributed by atoms with van der Waals surface area (Å²) in [7, 11) is -3.82. The van der Waals surface area contributed by atoms with Gasteiger partial charge in [0.1, 0.15) is 0 Å². The molecule has 0 aliphatic heterocycles. The van der Waals surface area contributed by atoms with Crippen LogP contribution < -0.4 is 10.0 Å². The molecular formula is C23H19N3O3S2. The van der Waals surface area contributed by atoms with Crippen LogP contribution in [0, 0.1) is 6.92 Å². The van der Waals surface area contributed by atoms with Crippen molar-refractivity contribution < 1.29 is 13.2 Å². The van der Waals surface area contributed by atoms with Gasteiger partial charge in [0.25, 0.3) is 15.9 Å². The molecule has 0 unspecified atom stereocenters. The molecule has 1 aromatic heterocycles. The molecule has 3 aromatic carbocycles. The Hall–Kier alpha value is -3.49. The highest BCUT2D eigenvalue weighted by Crippen LogP contribution is 2.27. The Balaban J connectivity index is 1.54. The number of rotatable bonds is 6. The Labute approximate surface area is 184 Å². The number of para-hydroxylation sites is 1. The van der Waals surface area contributed by atoms with Gasteiger partial charge in [0.15, 0.2) is 5.13 Å². The monoisotopic (exact) mass is 449 g/mol. The minimum atomic E-state index is -3.82. The zero-order valence-corrected chi connectivity index (χ0v) is 18.2. The Morgan fingerprint density at radius 3 is 2.32 bits per heavy atom. The van der Waals surface area contributed by atoms with E-state index in [1.165, 1.54) is 23.5 Å². The van der Waals surface area contributed by atoms with Crippen LogP contribution in [-0.4, -0.2) is 19.3 Å². The number of hydrogen-bond donors (Lipinski definition) is 2. The first-order chi connectivity index (χ1) is 14.9. The average Bonchev–Trinajstić information content (AvgIpc) is 3.23. The fourth-order valence-corrected chi connectivity index (χ4v) is 4.74. The van der Waals surface area contributed by atoms with Gasteiger partial charge in [-0.2, -0.15) is 0 Å². The van der Waals surface area contributed by atoms with Crippen molar-refractivity contribution in [2.45, 2.75) is 11.8 Å². The second kappa shape index (κ2) is 8.71. The van der Waals surface area contributed by atoms with Crippen molar-refractivity contribution in [3.63, 3.8) is 0 Å². The summed E-state index contributed by atoms with van der Waals surface area (Å²) in [5.74, 6) is -0.448. The summed E-state index contributed by atoms with van der Waals surface area (Å²) in [6.45, 7) is 2.01. The number of amides is 1. The largest absolute Gasteiger partial charge is 0.298 e. The molecule has 0 aliphatic rings. The molecule has 0 spiro atoms. The van der Waals surface area contributed by atoms with Gasteiger partial charge in [-0.3, -0.25) is 14.8 Å². The van der Waals surface area contributed by atoms with Crippen molar-refractivity contribution in [1.29, 1.82) is 0 Å². The first-order valence-corrected chi connectivity index (χ1v) is 11.8. The summed E-state index contributed by atoms with van der Waals surface area (Å²) in [4.78, 5) is 17.5. The van der Waals surface area contributed by atoms with Gasteiger partial charge in [0, 0.05) is 10.9 Å². The summed E-state index contributed by atoms with van der Waals surface area (Å²) in [5.41, 5.74) is 3.27. The lowest BCUT2D eigenvalue weighted by Gasteiger charge is -2.12. The first-order valence-electron chi connectivity index (χ1n) is 9.43. The third-order valence-electron chi connectivity index (χ3n) is 4.54. The van der Waals surface area contributed by atoms with E-state index in [0.29, 0.717) is 5.13 Å². The van der Waals surface area contributed by atoms with Crippen molar-refractivity contribution >= 4 is 38.1 Å². The Bertz CT molecular complexity index is 1320. The van der Waals surface area contributed by atoms with Gasteiger partial charge in [-0.25, -0.2) is 13.4 Å². The maximum Gasteiger partial charge on any atom is 0.261 e. The molecule has 156 valence electrons. The van der Waals surface area contributed by atoms with Gasteiger partial charge >= 0.3 is 0 Å². The fourth-order valence-electron chi connectivity index (χ4n) is 2.93. The summed E-state index contributed by atoms with van der Waals surface area (Å²) in [6, 6.07) is 22.4. The lowest BCUT2D eigenvalue weighted by Crippen LogP contribution is -2.18. The number of carbonyl (C=O) groups excluding carboxylic acids is 1. The summed E-state index contributed by atoms with van der Waals surface area (Å²) in [6.07, 6.45) is 0. The molecule has 4 aromatic rings. The number of aromatic nitrogens is 1. The van der Waals surface area contributed by atoms with Gasteiger partial charge in [-0.1, -0.05) is 60.2 Å². The van der Waals surface area contributed by atoms with Crippen LogP contribution in [0.3, 0.4) is 0 Å². The molecule has 31 heavy (non-hydrogen) atoms. The van der Waals surface area contributed by atoms with Gasteiger partial charge < -0.3 is 0 Å². The van der Waals surface area contributed by atoms with Crippen molar-refractivity contribution in [3.8, 4) is 11.3 Å². The van der Waals surface area contributed by atoms with E-state index in [-0.39, 0.29) is 16.1 Å². The van der Waals surface area contributed by atoms with E-state index >= 15 is 0 Å². The fraction of sp³-hybridized carbons (Fsp3) is 0.0435. The van der Waals surface area contributed by atoms with Crippen molar-refractivity contribution in [3.05, 3.63) is 95.4 Å². The normalized spacial score (nSPS) is 11.1. The summed E-state index contributed by atoms with van der Waals surface area (Å²) in [5, 5.41) is 5.06. The van der Waals surface area contributed by atoms with E-state index in [0.717, 1.165) is 16.8 Å². The number of benzene rings is 3. The number of aryl methyl sites for hydroxylation is 1. The third-order valence-corrected chi connectivity index (χ3v) is 6.68. The van der Waals surface area contributed by atoms with Crippen LogP contribution >= 0.6 is 11.3 Å². The molecule has 6 nitrogen and oxygen atoms in total. The molecular weight excluding hydrogens is 430 g/mol. The van der Waals surface area contributed by atoms with Crippen LogP contribution in [-0.2, 0) is 10.0 Å². The van der Waals surface area contributed by atoms with E-state index in [9.17, 15) is 13.2 Å². The van der Waals surface area contributed by atoms with Crippen LogP contribution in [0.15, 0.2) is 89.1 Å².